The van der Waals surface area contributed by atoms with Crippen molar-refractivity contribution in [2.45, 2.75) is 33.6 Å². The second-order valence-corrected chi connectivity index (χ2v) is 6.30. The number of benzene rings is 2. The molecule has 0 aliphatic heterocycles. The Morgan fingerprint density at radius 2 is 1.87 bits per heavy atom. The summed E-state index contributed by atoms with van der Waals surface area (Å²) >= 11 is 0. The number of anilines is 1. The molecule has 0 aliphatic carbocycles. The molecule has 0 fully saturated rings. The molecule has 3 nitrogen and oxygen atoms in total. The van der Waals surface area contributed by atoms with Crippen LogP contribution in [0.15, 0.2) is 46.9 Å². The molecule has 0 spiro atoms. The number of carbonyl (C=O) groups is 1. The van der Waals surface area contributed by atoms with Crippen molar-refractivity contribution < 1.29 is 9.21 Å². The van der Waals surface area contributed by atoms with Gasteiger partial charge in [0.05, 0.1) is 0 Å². The van der Waals surface area contributed by atoms with Crippen molar-refractivity contribution in [1.82, 2.24) is 0 Å². The van der Waals surface area contributed by atoms with E-state index in [0.29, 0.717) is 11.7 Å². The van der Waals surface area contributed by atoms with Crippen LogP contribution in [-0.4, -0.2) is 5.91 Å². The number of hydrogen-bond donors (Lipinski definition) is 1. The van der Waals surface area contributed by atoms with Gasteiger partial charge >= 0.3 is 0 Å². The molecule has 0 unspecified atom stereocenters. The van der Waals surface area contributed by atoms with Crippen LogP contribution in [-0.2, 0) is 0 Å². The third kappa shape index (κ3) is 3.00. The Kier molecular flexibility index (Phi) is 3.95. The van der Waals surface area contributed by atoms with Crippen LogP contribution in [0.25, 0.3) is 11.0 Å². The second kappa shape index (κ2) is 5.92. The van der Waals surface area contributed by atoms with E-state index in [2.05, 4.69) is 25.2 Å². The van der Waals surface area contributed by atoms with E-state index in [1.165, 1.54) is 0 Å². The quantitative estimate of drug-likeness (QED) is 0.701. The molecule has 3 aromatic rings. The Hall–Kier alpha value is -2.55. The van der Waals surface area contributed by atoms with Crippen LogP contribution in [0.4, 0.5) is 5.69 Å². The molecular weight excluding hydrogens is 286 g/mol. The van der Waals surface area contributed by atoms with Gasteiger partial charge in [0.1, 0.15) is 5.58 Å². The third-order valence-electron chi connectivity index (χ3n) is 4.06. The predicted octanol–water partition coefficient (Wildman–Crippen LogP) is 5.43. The summed E-state index contributed by atoms with van der Waals surface area (Å²) in [6, 6.07) is 13.8. The highest BCUT2D eigenvalue weighted by molar-refractivity contribution is 6.05. The minimum absolute atomic E-state index is 0.213. The lowest BCUT2D eigenvalue weighted by atomic mass is 9.98. The molecule has 0 atom stereocenters. The first kappa shape index (κ1) is 15.3. The average molecular weight is 307 g/mol. The van der Waals surface area contributed by atoms with Crippen molar-refractivity contribution in [2.75, 3.05) is 5.32 Å². The van der Waals surface area contributed by atoms with Crippen molar-refractivity contribution in [3.05, 3.63) is 64.9 Å². The Balaban J connectivity index is 1.95. The number of hydrogen-bond acceptors (Lipinski definition) is 2. The van der Waals surface area contributed by atoms with Crippen molar-refractivity contribution in [3.8, 4) is 0 Å². The zero-order valence-corrected chi connectivity index (χ0v) is 13.9. The summed E-state index contributed by atoms with van der Waals surface area (Å²) in [6.45, 7) is 8.25. The Morgan fingerprint density at radius 3 is 2.61 bits per heavy atom. The van der Waals surface area contributed by atoms with Crippen LogP contribution in [0.1, 0.15) is 47.0 Å². The number of amides is 1. The van der Waals surface area contributed by atoms with Gasteiger partial charge in [0.15, 0.2) is 5.76 Å². The number of fused-ring (bicyclic) bond motifs is 1. The van der Waals surface area contributed by atoms with E-state index in [1.807, 2.05) is 44.2 Å². The molecule has 118 valence electrons. The molecule has 1 heterocycles. The first-order chi connectivity index (χ1) is 11.0. The summed E-state index contributed by atoms with van der Waals surface area (Å²) in [5, 5.41) is 3.96. The molecule has 1 aromatic heterocycles. The SMILES string of the molecule is Cc1ccc2cc(C(=O)Nc3c(C)cccc3C(C)C)oc2c1. The predicted molar refractivity (Wildman–Crippen MR) is 94.2 cm³/mol. The van der Waals surface area contributed by atoms with Gasteiger partial charge in [0.25, 0.3) is 5.91 Å². The Labute approximate surface area is 136 Å². The van der Waals surface area contributed by atoms with E-state index in [9.17, 15) is 4.79 Å². The summed E-state index contributed by atoms with van der Waals surface area (Å²) in [5.74, 6) is 0.460. The molecular formula is C20H21NO2. The summed E-state index contributed by atoms with van der Waals surface area (Å²) in [5.41, 5.74) is 4.91. The van der Waals surface area contributed by atoms with Crippen LogP contribution >= 0.6 is 0 Å². The first-order valence-corrected chi connectivity index (χ1v) is 7.87. The molecule has 0 saturated carbocycles. The van der Waals surface area contributed by atoms with Gasteiger partial charge in [-0.25, -0.2) is 0 Å². The van der Waals surface area contributed by atoms with E-state index in [1.54, 1.807) is 6.07 Å². The monoisotopic (exact) mass is 307 g/mol. The van der Waals surface area contributed by atoms with Gasteiger partial charge < -0.3 is 9.73 Å². The Morgan fingerprint density at radius 1 is 1.09 bits per heavy atom. The maximum Gasteiger partial charge on any atom is 0.291 e. The first-order valence-electron chi connectivity index (χ1n) is 7.87. The number of aryl methyl sites for hydroxylation is 2. The van der Waals surface area contributed by atoms with E-state index in [-0.39, 0.29) is 5.91 Å². The van der Waals surface area contributed by atoms with E-state index >= 15 is 0 Å². The molecule has 0 aliphatic rings. The van der Waals surface area contributed by atoms with Gasteiger partial charge in [-0.3, -0.25) is 4.79 Å². The normalized spacial score (nSPS) is 11.2. The Bertz CT molecular complexity index is 874. The molecule has 3 rings (SSSR count). The number of carbonyl (C=O) groups excluding carboxylic acids is 1. The largest absolute Gasteiger partial charge is 0.451 e. The van der Waals surface area contributed by atoms with Crippen LogP contribution in [0.2, 0.25) is 0 Å². The van der Waals surface area contributed by atoms with Gasteiger partial charge in [-0.05, 0) is 48.6 Å². The smallest absolute Gasteiger partial charge is 0.291 e. The van der Waals surface area contributed by atoms with Crippen LogP contribution in [0.3, 0.4) is 0 Å². The third-order valence-corrected chi connectivity index (χ3v) is 4.06. The van der Waals surface area contributed by atoms with Gasteiger partial charge in [-0.2, -0.15) is 0 Å². The minimum atomic E-state index is -0.213. The van der Waals surface area contributed by atoms with Gasteiger partial charge in [-0.15, -0.1) is 0 Å². The van der Waals surface area contributed by atoms with E-state index < -0.39 is 0 Å². The van der Waals surface area contributed by atoms with Crippen molar-refractivity contribution in [1.29, 1.82) is 0 Å². The summed E-state index contributed by atoms with van der Waals surface area (Å²) in [4.78, 5) is 12.6. The maximum absolute atomic E-state index is 12.6. The lowest BCUT2D eigenvalue weighted by Gasteiger charge is -2.15. The topological polar surface area (TPSA) is 42.2 Å². The summed E-state index contributed by atoms with van der Waals surface area (Å²) in [6.07, 6.45) is 0. The molecule has 2 aromatic carbocycles. The zero-order chi connectivity index (χ0) is 16.6. The molecule has 1 N–H and O–H groups in total. The van der Waals surface area contributed by atoms with Crippen molar-refractivity contribution in [3.63, 3.8) is 0 Å². The molecule has 1 amide bonds. The lowest BCUT2D eigenvalue weighted by molar-refractivity contribution is 0.0998. The fourth-order valence-corrected chi connectivity index (χ4v) is 2.77. The van der Waals surface area contributed by atoms with Gasteiger partial charge in [0, 0.05) is 11.1 Å². The molecule has 0 saturated heterocycles. The number of nitrogens with one attached hydrogen (secondary N) is 1. The van der Waals surface area contributed by atoms with E-state index in [0.717, 1.165) is 33.3 Å². The molecule has 23 heavy (non-hydrogen) atoms. The summed E-state index contributed by atoms with van der Waals surface area (Å²) in [7, 11) is 0. The highest BCUT2D eigenvalue weighted by Gasteiger charge is 2.16. The fraction of sp³-hybridized carbons (Fsp3) is 0.250. The number of furan rings is 1. The standard InChI is InChI=1S/C20H21NO2/c1-12(2)16-7-5-6-14(4)19(16)21-20(22)18-11-15-9-8-13(3)10-17(15)23-18/h5-12H,1-4H3,(H,21,22). The zero-order valence-electron chi connectivity index (χ0n) is 13.9. The molecule has 0 bridgehead atoms. The fourth-order valence-electron chi connectivity index (χ4n) is 2.77. The van der Waals surface area contributed by atoms with E-state index in [4.69, 9.17) is 4.42 Å². The van der Waals surface area contributed by atoms with Gasteiger partial charge in [-0.1, -0.05) is 44.2 Å². The number of para-hydroxylation sites is 1. The lowest BCUT2D eigenvalue weighted by Crippen LogP contribution is -2.14. The van der Waals surface area contributed by atoms with Gasteiger partial charge in [0.2, 0.25) is 0 Å². The van der Waals surface area contributed by atoms with Crippen molar-refractivity contribution in [2.24, 2.45) is 0 Å². The van der Waals surface area contributed by atoms with Crippen LogP contribution < -0.4 is 5.32 Å². The second-order valence-electron chi connectivity index (χ2n) is 6.30. The van der Waals surface area contributed by atoms with Crippen LogP contribution in [0.5, 0.6) is 0 Å². The average Bonchev–Trinajstić information content (AvgIpc) is 2.92. The highest BCUT2D eigenvalue weighted by Crippen LogP contribution is 2.28. The highest BCUT2D eigenvalue weighted by atomic mass is 16.3. The number of rotatable bonds is 3. The minimum Gasteiger partial charge on any atom is -0.451 e. The van der Waals surface area contributed by atoms with Crippen molar-refractivity contribution >= 4 is 22.6 Å². The summed E-state index contributed by atoms with van der Waals surface area (Å²) < 4.78 is 5.71. The molecule has 0 radical (unpaired) electrons. The van der Waals surface area contributed by atoms with Crippen LogP contribution in [0, 0.1) is 13.8 Å². The maximum atomic E-state index is 12.6. The molecule has 3 heteroatoms.